The summed E-state index contributed by atoms with van der Waals surface area (Å²) in [6.45, 7) is 10.9. The molecule has 3 rings (SSSR count). The zero-order valence-corrected chi connectivity index (χ0v) is 13.8. The molecular weight excluding hydrogens is 284 g/mol. The van der Waals surface area contributed by atoms with Crippen LogP contribution in [0.4, 0.5) is 0 Å². The number of carbonyl (C=O) groups is 2. The van der Waals surface area contributed by atoms with Gasteiger partial charge in [-0.25, -0.2) is 0 Å². The summed E-state index contributed by atoms with van der Waals surface area (Å²) < 4.78 is 10.9. The minimum Gasteiger partial charge on any atom is -0.448 e. The fourth-order valence-corrected chi connectivity index (χ4v) is 4.15. The summed E-state index contributed by atoms with van der Waals surface area (Å²) in [7, 11) is 0. The Labute approximate surface area is 131 Å². The van der Waals surface area contributed by atoms with Crippen molar-refractivity contribution >= 4 is 11.9 Å². The molecule has 2 saturated heterocycles. The molecule has 2 N–H and O–H groups in total. The van der Waals surface area contributed by atoms with Crippen LogP contribution in [0.15, 0.2) is 0 Å². The lowest BCUT2D eigenvalue weighted by Crippen LogP contribution is -3.14. The molecule has 0 aromatic carbocycles. The van der Waals surface area contributed by atoms with E-state index in [-0.39, 0.29) is 11.9 Å². The van der Waals surface area contributed by atoms with E-state index in [1.807, 2.05) is 20.8 Å². The van der Waals surface area contributed by atoms with Gasteiger partial charge in [0.25, 0.3) is 5.91 Å². The minimum absolute atomic E-state index is 0.125. The van der Waals surface area contributed by atoms with Crippen LogP contribution in [0.2, 0.25) is 0 Å². The largest absolute Gasteiger partial charge is 0.448 e. The van der Waals surface area contributed by atoms with Gasteiger partial charge in [0.1, 0.15) is 13.1 Å². The summed E-state index contributed by atoms with van der Waals surface area (Å²) in [6.07, 6.45) is 1.35. The summed E-state index contributed by atoms with van der Waals surface area (Å²) in [6, 6.07) is 0. The van der Waals surface area contributed by atoms with Crippen molar-refractivity contribution in [3.05, 3.63) is 0 Å². The van der Waals surface area contributed by atoms with Gasteiger partial charge in [-0.15, -0.1) is 0 Å². The number of morpholine rings is 1. The van der Waals surface area contributed by atoms with Gasteiger partial charge in [0.05, 0.1) is 31.7 Å². The molecule has 22 heavy (non-hydrogen) atoms. The Hall–Kier alpha value is -1.14. The first kappa shape index (κ1) is 15.7. The third-order valence-corrected chi connectivity index (χ3v) is 6.41. The number of esters is 1. The van der Waals surface area contributed by atoms with E-state index >= 15 is 0 Å². The highest BCUT2D eigenvalue weighted by Gasteiger charge is 2.75. The molecule has 0 spiro atoms. The van der Waals surface area contributed by atoms with E-state index in [4.69, 9.17) is 9.47 Å². The van der Waals surface area contributed by atoms with E-state index in [9.17, 15) is 9.59 Å². The van der Waals surface area contributed by atoms with Crippen molar-refractivity contribution in [3.8, 4) is 0 Å². The molecule has 0 aromatic heterocycles. The minimum atomic E-state index is -0.987. The second-order valence-corrected chi connectivity index (χ2v) is 7.54. The van der Waals surface area contributed by atoms with Crippen molar-refractivity contribution in [2.45, 2.75) is 39.2 Å². The lowest BCUT2D eigenvalue weighted by atomic mass is 9.66. The van der Waals surface area contributed by atoms with Crippen LogP contribution in [-0.4, -0.2) is 56.9 Å². The summed E-state index contributed by atoms with van der Waals surface area (Å²) in [5, 5.41) is 3.01. The Morgan fingerprint density at radius 2 is 1.91 bits per heavy atom. The number of hydrogen-bond donors (Lipinski definition) is 2. The maximum absolute atomic E-state index is 12.7. The van der Waals surface area contributed by atoms with E-state index in [0.717, 1.165) is 39.3 Å². The van der Waals surface area contributed by atoms with Gasteiger partial charge < -0.3 is 19.7 Å². The molecule has 0 radical (unpaired) electrons. The van der Waals surface area contributed by atoms with E-state index in [2.05, 4.69) is 5.32 Å². The average Bonchev–Trinajstić information content (AvgIpc) is 2.78. The Morgan fingerprint density at radius 3 is 2.45 bits per heavy atom. The van der Waals surface area contributed by atoms with Crippen LogP contribution in [0.5, 0.6) is 0 Å². The van der Waals surface area contributed by atoms with Crippen molar-refractivity contribution in [3.63, 3.8) is 0 Å². The first-order chi connectivity index (χ1) is 10.3. The monoisotopic (exact) mass is 311 g/mol. The van der Waals surface area contributed by atoms with Crippen molar-refractivity contribution in [1.29, 1.82) is 0 Å². The van der Waals surface area contributed by atoms with Crippen LogP contribution in [-0.2, 0) is 19.1 Å². The zero-order chi connectivity index (χ0) is 16.0. The maximum atomic E-state index is 12.7. The number of fused-ring (bicyclic) bond motifs is 2. The predicted octanol–water partition coefficient (Wildman–Crippen LogP) is -0.860. The zero-order valence-electron chi connectivity index (χ0n) is 13.8. The van der Waals surface area contributed by atoms with Gasteiger partial charge in [0, 0.05) is 5.41 Å². The van der Waals surface area contributed by atoms with Gasteiger partial charge >= 0.3 is 5.97 Å². The Bertz CT molecular complexity index is 487. The van der Waals surface area contributed by atoms with E-state index in [1.165, 1.54) is 4.90 Å². The van der Waals surface area contributed by atoms with E-state index in [1.54, 1.807) is 0 Å². The number of nitrogens with one attached hydrogen (secondary N) is 2. The highest BCUT2D eigenvalue weighted by atomic mass is 16.6. The molecule has 2 aliphatic heterocycles. The fourth-order valence-electron chi connectivity index (χ4n) is 4.15. The van der Waals surface area contributed by atoms with Gasteiger partial charge in [0.15, 0.2) is 5.60 Å². The van der Waals surface area contributed by atoms with Crippen molar-refractivity contribution in [2.75, 3.05) is 39.4 Å². The van der Waals surface area contributed by atoms with Crippen molar-refractivity contribution in [1.82, 2.24) is 5.32 Å². The van der Waals surface area contributed by atoms with Gasteiger partial charge in [-0.3, -0.25) is 9.59 Å². The van der Waals surface area contributed by atoms with E-state index in [0.29, 0.717) is 13.0 Å². The third-order valence-electron chi connectivity index (χ3n) is 6.41. The third kappa shape index (κ3) is 2.00. The normalized spacial score (nSPS) is 37.1. The summed E-state index contributed by atoms with van der Waals surface area (Å²) >= 11 is 0. The summed E-state index contributed by atoms with van der Waals surface area (Å²) in [5.74, 6) is -0.350. The van der Waals surface area contributed by atoms with Crippen molar-refractivity contribution in [2.24, 2.45) is 10.8 Å². The second kappa shape index (κ2) is 5.20. The highest BCUT2D eigenvalue weighted by molar-refractivity contribution is 5.96. The summed E-state index contributed by atoms with van der Waals surface area (Å²) in [4.78, 5) is 26.4. The standard InChI is InChI=1S/C16H26N2O4/c1-14(2)15(3)4-5-16(14,22-13(15)20)12(19)17-6-7-18-8-10-21-11-9-18/h4-11H2,1-3H3,(H,17,19)/p+1/t15-,16+/m1/s1. The maximum Gasteiger partial charge on any atom is 0.313 e. The first-order valence-corrected chi connectivity index (χ1v) is 8.27. The molecule has 124 valence electrons. The SMILES string of the molecule is CC1(C)[C@@]2(C(=O)NCC[NH+]3CCOCC3)CC[C@]1(C)C(=O)O2. The lowest BCUT2D eigenvalue weighted by Gasteiger charge is -2.35. The van der Waals surface area contributed by atoms with E-state index < -0.39 is 16.4 Å². The molecule has 3 fully saturated rings. The Kier molecular flexibility index (Phi) is 3.72. The van der Waals surface area contributed by atoms with Crippen molar-refractivity contribution < 1.29 is 24.0 Å². The molecule has 1 amide bonds. The molecule has 2 atom stereocenters. The molecule has 0 aromatic rings. The fraction of sp³-hybridized carbons (Fsp3) is 0.875. The molecule has 2 bridgehead atoms. The van der Waals surface area contributed by atoms with Crippen LogP contribution in [0.3, 0.4) is 0 Å². The summed E-state index contributed by atoms with van der Waals surface area (Å²) in [5.41, 5.74) is -1.99. The second-order valence-electron chi connectivity index (χ2n) is 7.54. The van der Waals surface area contributed by atoms with Gasteiger partial charge in [0.2, 0.25) is 0 Å². The van der Waals surface area contributed by atoms with Crippen LogP contribution in [0.1, 0.15) is 33.6 Å². The molecule has 0 unspecified atom stereocenters. The lowest BCUT2D eigenvalue weighted by molar-refractivity contribution is -0.906. The smallest absolute Gasteiger partial charge is 0.313 e. The number of hydrogen-bond acceptors (Lipinski definition) is 4. The number of rotatable bonds is 4. The first-order valence-electron chi connectivity index (χ1n) is 8.27. The van der Waals surface area contributed by atoms with Crippen LogP contribution in [0.25, 0.3) is 0 Å². The molecule has 1 aliphatic carbocycles. The number of ether oxygens (including phenoxy) is 2. The Balaban J connectivity index is 1.61. The molecule has 6 nitrogen and oxygen atoms in total. The topological polar surface area (TPSA) is 69.1 Å². The van der Waals surface area contributed by atoms with Crippen LogP contribution < -0.4 is 10.2 Å². The Morgan fingerprint density at radius 1 is 1.23 bits per heavy atom. The number of quaternary nitrogens is 1. The predicted molar refractivity (Wildman–Crippen MR) is 79.3 cm³/mol. The number of carbonyl (C=O) groups excluding carboxylic acids is 2. The van der Waals surface area contributed by atoms with Gasteiger partial charge in [-0.05, 0) is 19.8 Å². The van der Waals surface area contributed by atoms with Gasteiger partial charge in [-0.2, -0.15) is 0 Å². The highest BCUT2D eigenvalue weighted by Crippen LogP contribution is 2.65. The van der Waals surface area contributed by atoms with Crippen LogP contribution >= 0.6 is 0 Å². The molecular formula is C16H27N2O4+. The quantitative estimate of drug-likeness (QED) is 0.663. The molecule has 3 aliphatic rings. The number of amides is 1. The van der Waals surface area contributed by atoms with Gasteiger partial charge in [-0.1, -0.05) is 13.8 Å². The molecule has 1 saturated carbocycles. The average molecular weight is 311 g/mol. The van der Waals surface area contributed by atoms with Crippen LogP contribution in [0, 0.1) is 10.8 Å². The molecule has 2 heterocycles. The molecule has 6 heteroatoms.